The summed E-state index contributed by atoms with van der Waals surface area (Å²) in [4.78, 5) is 11.8. The molecule has 0 aliphatic heterocycles. The number of carboxylic acids is 1. The Kier molecular flexibility index (Phi) is 6.71. The predicted molar refractivity (Wildman–Crippen MR) is 124 cm³/mol. The average Bonchev–Trinajstić information content (AvgIpc) is 2.71. The number of nitrogens with one attached hydrogen (secondary N) is 1. The van der Waals surface area contributed by atoms with Crippen LogP contribution in [0.4, 0.5) is 5.69 Å². The molecule has 2 N–H and O–H groups in total. The minimum atomic E-state index is -4.08. The molecule has 6 nitrogen and oxygen atoms in total. The van der Waals surface area contributed by atoms with E-state index >= 15 is 0 Å². The molecule has 3 aromatic carbocycles. The van der Waals surface area contributed by atoms with Gasteiger partial charge in [0, 0.05) is 10.9 Å². The molecule has 0 saturated carbocycles. The van der Waals surface area contributed by atoms with Crippen molar-refractivity contribution in [1.82, 2.24) is 0 Å². The molecule has 0 spiro atoms. The van der Waals surface area contributed by atoms with Gasteiger partial charge in [-0.15, -0.1) is 0 Å². The van der Waals surface area contributed by atoms with Crippen LogP contribution in [-0.4, -0.2) is 26.6 Å². The summed E-state index contributed by atoms with van der Waals surface area (Å²) in [5.41, 5.74) is 2.66. The van der Waals surface area contributed by atoms with Crippen LogP contribution in [0.15, 0.2) is 64.0 Å². The highest BCUT2D eigenvalue weighted by Crippen LogP contribution is 2.30. The van der Waals surface area contributed by atoms with Gasteiger partial charge in [-0.3, -0.25) is 4.72 Å². The smallest absolute Gasteiger partial charge is 0.337 e. The van der Waals surface area contributed by atoms with Gasteiger partial charge in [-0.05, 0) is 66.4 Å². The molecule has 0 fully saturated rings. The Bertz CT molecular complexity index is 1250. The lowest BCUT2D eigenvalue weighted by atomic mass is 10.0. The number of aryl methyl sites for hydroxylation is 2. The molecule has 0 bridgehead atoms. The van der Waals surface area contributed by atoms with E-state index in [4.69, 9.17) is 4.74 Å². The second kappa shape index (κ2) is 9.11. The maximum absolute atomic E-state index is 13.4. The molecule has 8 heteroatoms. The second-order valence-electron chi connectivity index (χ2n) is 7.16. The van der Waals surface area contributed by atoms with Crippen molar-refractivity contribution in [3.8, 4) is 5.75 Å². The van der Waals surface area contributed by atoms with E-state index in [0.29, 0.717) is 23.3 Å². The predicted octanol–water partition coefficient (Wildman–Crippen LogP) is 5.16. The SMILES string of the molecule is COc1ccc(S(=O)(=O)Nc2c(C)cc(C)cc2C(=O)O)c(Cc2ccccc2Br)c1. The van der Waals surface area contributed by atoms with Gasteiger partial charge in [0.2, 0.25) is 0 Å². The number of carbonyl (C=O) groups is 1. The first kappa shape index (κ1) is 22.8. The standard InChI is InChI=1S/C23H22BrNO5S/c1-14-10-15(2)22(19(11-14)23(26)27)25-31(28,29)21-9-8-18(30-3)13-17(21)12-16-6-4-5-7-20(16)24/h4-11,13,25H,12H2,1-3H3,(H,26,27). The number of sulfonamides is 1. The van der Waals surface area contributed by atoms with Gasteiger partial charge in [-0.1, -0.05) is 40.2 Å². The van der Waals surface area contributed by atoms with E-state index in [1.54, 1.807) is 32.0 Å². The van der Waals surface area contributed by atoms with Gasteiger partial charge in [0.15, 0.2) is 0 Å². The Hall–Kier alpha value is -2.84. The third kappa shape index (κ3) is 5.08. The van der Waals surface area contributed by atoms with Crippen molar-refractivity contribution in [2.24, 2.45) is 0 Å². The fourth-order valence-corrected chi connectivity index (χ4v) is 5.19. The van der Waals surface area contributed by atoms with Gasteiger partial charge < -0.3 is 9.84 Å². The first-order chi connectivity index (χ1) is 14.6. The zero-order chi connectivity index (χ0) is 22.8. The van der Waals surface area contributed by atoms with E-state index in [9.17, 15) is 18.3 Å². The highest BCUT2D eigenvalue weighted by atomic mass is 79.9. The zero-order valence-corrected chi connectivity index (χ0v) is 19.7. The Balaban J connectivity index is 2.10. The van der Waals surface area contributed by atoms with Gasteiger partial charge in [0.05, 0.1) is 23.3 Å². The maximum Gasteiger partial charge on any atom is 0.337 e. The maximum atomic E-state index is 13.4. The molecule has 3 aromatic rings. The Morgan fingerprint density at radius 1 is 1.06 bits per heavy atom. The molecule has 0 saturated heterocycles. The number of hydrogen-bond acceptors (Lipinski definition) is 4. The molecule has 3 rings (SSSR count). The summed E-state index contributed by atoms with van der Waals surface area (Å²) in [5, 5.41) is 9.57. The fourth-order valence-electron chi connectivity index (χ4n) is 3.39. The molecule has 0 unspecified atom stereocenters. The van der Waals surface area contributed by atoms with Crippen LogP contribution in [-0.2, 0) is 16.4 Å². The van der Waals surface area contributed by atoms with Crippen LogP contribution < -0.4 is 9.46 Å². The summed E-state index contributed by atoms with van der Waals surface area (Å²) in [6.07, 6.45) is 0.341. The molecule has 162 valence electrons. The fraction of sp³-hybridized carbons (Fsp3) is 0.174. The molecule has 31 heavy (non-hydrogen) atoms. The summed E-state index contributed by atoms with van der Waals surface area (Å²) in [6.45, 7) is 3.43. The van der Waals surface area contributed by atoms with E-state index in [1.807, 2.05) is 24.3 Å². The number of benzene rings is 3. The Morgan fingerprint density at radius 2 is 1.77 bits per heavy atom. The first-order valence-corrected chi connectivity index (χ1v) is 11.7. The van der Waals surface area contributed by atoms with Crippen LogP contribution >= 0.6 is 15.9 Å². The van der Waals surface area contributed by atoms with Crippen molar-refractivity contribution < 1.29 is 23.1 Å². The van der Waals surface area contributed by atoms with Gasteiger partial charge in [0.25, 0.3) is 10.0 Å². The summed E-state index contributed by atoms with van der Waals surface area (Å²) in [7, 11) is -2.56. The normalized spacial score (nSPS) is 11.2. The molecule has 0 amide bonds. The summed E-state index contributed by atoms with van der Waals surface area (Å²) < 4.78 is 35.3. The van der Waals surface area contributed by atoms with Crippen molar-refractivity contribution in [2.75, 3.05) is 11.8 Å². The van der Waals surface area contributed by atoms with E-state index in [-0.39, 0.29) is 16.1 Å². The van der Waals surface area contributed by atoms with E-state index < -0.39 is 16.0 Å². The van der Waals surface area contributed by atoms with Crippen LogP contribution in [0, 0.1) is 13.8 Å². The molecule has 0 heterocycles. The average molecular weight is 504 g/mol. The highest BCUT2D eigenvalue weighted by Gasteiger charge is 2.24. The van der Waals surface area contributed by atoms with Crippen molar-refractivity contribution in [3.05, 3.63) is 86.9 Å². The number of methoxy groups -OCH3 is 1. The minimum absolute atomic E-state index is 0.0559. The number of carboxylic acid groups (broad SMARTS) is 1. The van der Waals surface area contributed by atoms with Crippen molar-refractivity contribution in [3.63, 3.8) is 0 Å². The first-order valence-electron chi connectivity index (χ1n) is 9.40. The molecule has 0 radical (unpaired) electrons. The third-order valence-corrected chi connectivity index (χ3v) is 7.07. The number of ether oxygens (including phenoxy) is 1. The number of halogens is 1. The summed E-state index contributed by atoms with van der Waals surface area (Å²) in [5.74, 6) is -0.675. The topological polar surface area (TPSA) is 92.7 Å². The largest absolute Gasteiger partial charge is 0.497 e. The van der Waals surface area contributed by atoms with E-state index in [0.717, 1.165) is 15.6 Å². The van der Waals surface area contributed by atoms with Gasteiger partial charge in [-0.25, -0.2) is 13.2 Å². The Labute approximate surface area is 190 Å². The van der Waals surface area contributed by atoms with Crippen molar-refractivity contribution >= 4 is 37.6 Å². The molecule has 0 atom stereocenters. The van der Waals surface area contributed by atoms with Crippen LogP contribution in [0.25, 0.3) is 0 Å². The zero-order valence-electron chi connectivity index (χ0n) is 17.3. The molecular weight excluding hydrogens is 482 g/mol. The van der Waals surface area contributed by atoms with Crippen molar-refractivity contribution in [2.45, 2.75) is 25.2 Å². The van der Waals surface area contributed by atoms with Crippen molar-refractivity contribution in [1.29, 1.82) is 0 Å². The lowest BCUT2D eigenvalue weighted by Crippen LogP contribution is -2.18. The second-order valence-corrected chi connectivity index (χ2v) is 9.66. The molecule has 0 aliphatic carbocycles. The number of anilines is 1. The van der Waals surface area contributed by atoms with Gasteiger partial charge in [0.1, 0.15) is 5.75 Å². The molecule has 0 aromatic heterocycles. The van der Waals surface area contributed by atoms with E-state index in [2.05, 4.69) is 20.7 Å². The molecule has 0 aliphatic rings. The van der Waals surface area contributed by atoms with E-state index in [1.165, 1.54) is 19.2 Å². The van der Waals surface area contributed by atoms with Gasteiger partial charge >= 0.3 is 5.97 Å². The molecular formula is C23H22BrNO5S. The monoisotopic (exact) mass is 503 g/mol. The number of aromatic carboxylic acids is 1. The third-order valence-electron chi connectivity index (χ3n) is 4.84. The van der Waals surface area contributed by atoms with Crippen LogP contribution in [0.2, 0.25) is 0 Å². The lowest BCUT2D eigenvalue weighted by Gasteiger charge is -2.17. The lowest BCUT2D eigenvalue weighted by molar-refractivity contribution is 0.0698. The number of rotatable bonds is 7. The van der Waals surface area contributed by atoms with Crippen LogP contribution in [0.3, 0.4) is 0 Å². The minimum Gasteiger partial charge on any atom is -0.497 e. The number of hydrogen-bond donors (Lipinski definition) is 2. The summed E-state index contributed by atoms with van der Waals surface area (Å²) in [6, 6.07) is 15.4. The highest BCUT2D eigenvalue weighted by molar-refractivity contribution is 9.10. The quantitative estimate of drug-likeness (QED) is 0.464. The Morgan fingerprint density at radius 3 is 2.42 bits per heavy atom. The summed E-state index contributed by atoms with van der Waals surface area (Å²) >= 11 is 3.50. The van der Waals surface area contributed by atoms with Crippen LogP contribution in [0.1, 0.15) is 32.6 Å². The van der Waals surface area contributed by atoms with Gasteiger partial charge in [-0.2, -0.15) is 0 Å². The van der Waals surface area contributed by atoms with Crippen LogP contribution in [0.5, 0.6) is 5.75 Å².